The number of aromatic nitrogens is 3. The SMILES string of the molecule is Cc1noc(C)c1-c1cnc2c3ccc(C(C)(C)O)cc3n([C@H](c3ccc(F)cc3)C3CCC3)c2c1. The molecule has 3 heterocycles. The third kappa shape index (κ3) is 3.63. The van der Waals surface area contributed by atoms with E-state index in [9.17, 15) is 9.50 Å². The minimum absolute atomic E-state index is 0.0260. The first-order valence-electron chi connectivity index (χ1n) is 12.6. The molecule has 0 spiro atoms. The van der Waals surface area contributed by atoms with E-state index in [0.717, 1.165) is 68.5 Å². The van der Waals surface area contributed by atoms with Gasteiger partial charge in [0.05, 0.1) is 33.9 Å². The van der Waals surface area contributed by atoms with E-state index in [1.165, 1.54) is 6.42 Å². The van der Waals surface area contributed by atoms with Gasteiger partial charge in [0.1, 0.15) is 11.6 Å². The fourth-order valence-corrected chi connectivity index (χ4v) is 5.66. The average Bonchev–Trinajstić information content (AvgIpc) is 3.31. The summed E-state index contributed by atoms with van der Waals surface area (Å²) < 4.78 is 21.7. The number of halogens is 1. The van der Waals surface area contributed by atoms with Gasteiger partial charge >= 0.3 is 0 Å². The summed E-state index contributed by atoms with van der Waals surface area (Å²) in [6.07, 6.45) is 5.31. The van der Waals surface area contributed by atoms with Crippen LogP contribution in [0.25, 0.3) is 33.1 Å². The molecule has 0 unspecified atom stereocenters. The Hall–Kier alpha value is -3.51. The van der Waals surface area contributed by atoms with Crippen LogP contribution in [-0.4, -0.2) is 19.8 Å². The zero-order valence-corrected chi connectivity index (χ0v) is 21.0. The second-order valence-corrected chi connectivity index (χ2v) is 10.6. The van der Waals surface area contributed by atoms with Crippen LogP contribution in [0.4, 0.5) is 4.39 Å². The molecule has 0 saturated heterocycles. The van der Waals surface area contributed by atoms with Crippen molar-refractivity contribution in [2.24, 2.45) is 5.92 Å². The third-order valence-electron chi connectivity index (χ3n) is 7.75. The van der Waals surface area contributed by atoms with Crippen LogP contribution in [0.1, 0.15) is 61.7 Å². The maximum Gasteiger partial charge on any atom is 0.141 e. The Bertz CT molecular complexity index is 1570. The van der Waals surface area contributed by atoms with E-state index in [-0.39, 0.29) is 11.9 Å². The van der Waals surface area contributed by atoms with Gasteiger partial charge in [-0.25, -0.2) is 4.39 Å². The zero-order chi connectivity index (χ0) is 25.2. The molecule has 2 aromatic carbocycles. The van der Waals surface area contributed by atoms with Gasteiger partial charge in [-0.1, -0.05) is 35.8 Å². The lowest BCUT2D eigenvalue weighted by Crippen LogP contribution is -2.26. The van der Waals surface area contributed by atoms with Crippen molar-refractivity contribution >= 4 is 21.9 Å². The molecule has 5 nitrogen and oxygen atoms in total. The minimum Gasteiger partial charge on any atom is -0.386 e. The summed E-state index contributed by atoms with van der Waals surface area (Å²) in [4.78, 5) is 4.94. The lowest BCUT2D eigenvalue weighted by molar-refractivity contribution is 0.0787. The van der Waals surface area contributed by atoms with E-state index in [2.05, 4.69) is 27.9 Å². The van der Waals surface area contributed by atoms with E-state index < -0.39 is 5.60 Å². The topological polar surface area (TPSA) is 64.1 Å². The number of aliphatic hydroxyl groups is 1. The van der Waals surface area contributed by atoms with Crippen molar-refractivity contribution in [1.29, 1.82) is 0 Å². The number of hydrogen-bond donors (Lipinski definition) is 1. The molecule has 184 valence electrons. The summed E-state index contributed by atoms with van der Waals surface area (Å²) in [7, 11) is 0. The van der Waals surface area contributed by atoms with E-state index in [1.54, 1.807) is 26.0 Å². The summed E-state index contributed by atoms with van der Waals surface area (Å²) >= 11 is 0. The number of nitrogens with zero attached hydrogens (tertiary/aromatic N) is 3. The molecule has 6 heteroatoms. The number of aryl methyl sites for hydroxylation is 2. The van der Waals surface area contributed by atoms with Gasteiger partial charge in [0.25, 0.3) is 0 Å². The maximum absolute atomic E-state index is 13.9. The highest BCUT2D eigenvalue weighted by Crippen LogP contribution is 2.45. The first kappa shape index (κ1) is 22.9. The van der Waals surface area contributed by atoms with Crippen LogP contribution in [0.3, 0.4) is 0 Å². The quantitative estimate of drug-likeness (QED) is 0.287. The fourth-order valence-electron chi connectivity index (χ4n) is 5.66. The van der Waals surface area contributed by atoms with Gasteiger partial charge < -0.3 is 14.2 Å². The first-order valence-corrected chi connectivity index (χ1v) is 12.6. The van der Waals surface area contributed by atoms with Crippen LogP contribution in [0, 0.1) is 25.6 Å². The largest absolute Gasteiger partial charge is 0.386 e. The second kappa shape index (κ2) is 8.27. The van der Waals surface area contributed by atoms with E-state index >= 15 is 0 Å². The number of pyridine rings is 1. The zero-order valence-electron chi connectivity index (χ0n) is 21.0. The van der Waals surface area contributed by atoms with Gasteiger partial charge in [-0.05, 0) is 81.8 Å². The predicted octanol–water partition coefficient (Wildman–Crippen LogP) is 7.22. The highest BCUT2D eigenvalue weighted by molar-refractivity contribution is 6.07. The molecule has 1 aliphatic carbocycles. The van der Waals surface area contributed by atoms with Crippen LogP contribution >= 0.6 is 0 Å². The Labute approximate surface area is 209 Å². The van der Waals surface area contributed by atoms with E-state index in [0.29, 0.717) is 5.92 Å². The first-order chi connectivity index (χ1) is 17.2. The van der Waals surface area contributed by atoms with Gasteiger partial charge in [-0.2, -0.15) is 0 Å². The minimum atomic E-state index is -0.980. The highest BCUT2D eigenvalue weighted by Gasteiger charge is 2.33. The average molecular weight is 484 g/mol. The lowest BCUT2D eigenvalue weighted by Gasteiger charge is -2.36. The normalized spacial score (nSPS) is 15.5. The third-order valence-corrected chi connectivity index (χ3v) is 7.75. The molecule has 6 rings (SSSR count). The molecule has 1 N–H and O–H groups in total. The van der Waals surface area contributed by atoms with E-state index in [1.807, 2.05) is 38.2 Å². The van der Waals surface area contributed by atoms with Crippen molar-refractivity contribution in [3.8, 4) is 11.1 Å². The van der Waals surface area contributed by atoms with Gasteiger partial charge in [0, 0.05) is 22.7 Å². The smallest absolute Gasteiger partial charge is 0.141 e. The standard InChI is InChI=1S/C30H30FN3O2/c1-17-27(18(2)36-33-17)21-14-26-28(32-16-21)24-13-10-22(30(3,4)35)15-25(24)34(26)29(19-6-5-7-19)20-8-11-23(31)12-9-20/h8-16,19,29,35H,5-7H2,1-4H3/t29-/m0/s1. The number of fused-ring (bicyclic) bond motifs is 3. The Kier molecular flexibility index (Phi) is 5.27. The summed E-state index contributed by atoms with van der Waals surface area (Å²) in [6.45, 7) is 7.47. The van der Waals surface area contributed by atoms with Gasteiger partial charge in [-0.15, -0.1) is 0 Å². The van der Waals surface area contributed by atoms with Crippen LogP contribution < -0.4 is 0 Å². The van der Waals surface area contributed by atoms with Gasteiger partial charge in [0.2, 0.25) is 0 Å². The van der Waals surface area contributed by atoms with Gasteiger partial charge in [0.15, 0.2) is 0 Å². The summed E-state index contributed by atoms with van der Waals surface area (Å²) in [5.74, 6) is 0.956. The van der Waals surface area contributed by atoms with Crippen LogP contribution in [0.2, 0.25) is 0 Å². The Balaban J connectivity index is 1.69. The van der Waals surface area contributed by atoms with Crippen LogP contribution in [0.5, 0.6) is 0 Å². The van der Waals surface area contributed by atoms with Crippen molar-refractivity contribution in [3.63, 3.8) is 0 Å². The van der Waals surface area contributed by atoms with Crippen molar-refractivity contribution < 1.29 is 14.0 Å². The second-order valence-electron chi connectivity index (χ2n) is 10.6. The van der Waals surface area contributed by atoms with Gasteiger partial charge in [-0.3, -0.25) is 4.98 Å². The summed E-state index contributed by atoms with van der Waals surface area (Å²) in [6, 6.07) is 15.2. The fraction of sp³-hybridized carbons (Fsp3) is 0.333. The predicted molar refractivity (Wildman–Crippen MR) is 139 cm³/mol. The summed E-state index contributed by atoms with van der Waals surface area (Å²) in [5.41, 5.74) is 6.63. The Morgan fingerprint density at radius 2 is 1.81 bits per heavy atom. The highest BCUT2D eigenvalue weighted by atomic mass is 19.1. The monoisotopic (exact) mass is 483 g/mol. The maximum atomic E-state index is 13.9. The molecular weight excluding hydrogens is 453 g/mol. The Morgan fingerprint density at radius 1 is 1.06 bits per heavy atom. The van der Waals surface area contributed by atoms with Crippen molar-refractivity contribution in [2.45, 2.75) is 58.6 Å². The molecular formula is C30H30FN3O2. The molecule has 0 bridgehead atoms. The van der Waals surface area contributed by atoms with E-state index in [4.69, 9.17) is 9.51 Å². The molecule has 1 atom stereocenters. The number of rotatable bonds is 5. The van der Waals surface area contributed by atoms with Crippen molar-refractivity contribution in [3.05, 3.63) is 83.1 Å². The molecule has 0 radical (unpaired) electrons. The lowest BCUT2D eigenvalue weighted by atomic mass is 9.77. The molecule has 0 aliphatic heterocycles. The molecule has 0 amide bonds. The van der Waals surface area contributed by atoms with Crippen molar-refractivity contribution in [1.82, 2.24) is 14.7 Å². The molecule has 1 fully saturated rings. The Morgan fingerprint density at radius 3 is 2.42 bits per heavy atom. The summed E-state index contributed by atoms with van der Waals surface area (Å²) in [5, 5.41) is 16.0. The molecule has 3 aromatic heterocycles. The molecule has 5 aromatic rings. The number of benzene rings is 2. The van der Waals surface area contributed by atoms with Crippen LogP contribution in [0.15, 0.2) is 59.3 Å². The molecule has 1 saturated carbocycles. The number of hydrogen-bond acceptors (Lipinski definition) is 4. The van der Waals surface area contributed by atoms with Crippen molar-refractivity contribution in [2.75, 3.05) is 0 Å². The van der Waals surface area contributed by atoms with Crippen LogP contribution in [-0.2, 0) is 5.60 Å². The molecule has 36 heavy (non-hydrogen) atoms. The molecule has 1 aliphatic rings.